The summed E-state index contributed by atoms with van der Waals surface area (Å²) in [5, 5.41) is 0. The first-order chi connectivity index (χ1) is 29.7. The fourth-order valence-electron chi connectivity index (χ4n) is 8.34. The smallest absolute Gasteiger partial charge is 0.306 e. The van der Waals surface area contributed by atoms with Crippen molar-refractivity contribution in [2.24, 2.45) is 11.8 Å². The van der Waals surface area contributed by atoms with E-state index >= 15 is 0 Å². The summed E-state index contributed by atoms with van der Waals surface area (Å²) >= 11 is 0. The molecule has 0 aromatic rings. The number of hydrogen-bond acceptors (Lipinski definition) is 6. The zero-order chi connectivity index (χ0) is 44.7. The molecule has 0 bridgehead atoms. The van der Waals surface area contributed by atoms with Crippen LogP contribution in [0.25, 0.3) is 0 Å². The summed E-state index contributed by atoms with van der Waals surface area (Å²) < 4.78 is 16.8. The van der Waals surface area contributed by atoms with Gasteiger partial charge in [-0.25, -0.2) is 0 Å². The molecule has 0 aromatic heterocycles. The second kappa shape index (κ2) is 47.9. The zero-order valence-corrected chi connectivity index (χ0v) is 41.8. The highest BCUT2D eigenvalue weighted by atomic mass is 16.6. The minimum Gasteiger partial charge on any atom is -0.462 e. The minimum atomic E-state index is -0.761. The van der Waals surface area contributed by atoms with E-state index in [4.69, 9.17) is 14.2 Å². The molecule has 0 aromatic carbocycles. The third kappa shape index (κ3) is 49.3. The first-order valence-electron chi connectivity index (χ1n) is 27.2. The maximum atomic E-state index is 12.8. The molecule has 1 atom stereocenters. The van der Waals surface area contributed by atoms with Crippen molar-refractivity contribution >= 4 is 17.9 Å². The van der Waals surface area contributed by atoms with Crippen LogP contribution in [0.2, 0.25) is 0 Å². The maximum Gasteiger partial charge on any atom is 0.306 e. The van der Waals surface area contributed by atoms with Gasteiger partial charge in [-0.2, -0.15) is 0 Å². The molecule has 0 aliphatic heterocycles. The Morgan fingerprint density at radius 2 is 0.541 bits per heavy atom. The van der Waals surface area contributed by atoms with Gasteiger partial charge in [0.1, 0.15) is 13.2 Å². The standard InChI is InChI=1S/C55H106O6/c1-6-7-8-9-10-11-18-25-30-35-40-45-53(56)59-48-52(49-60-54(57)46-41-36-31-26-22-21-24-29-34-39-44-51(4)5)61-55(58)47-42-37-32-27-20-17-15-13-12-14-16-19-23-28-33-38-43-50(2)3/h50-52H,6-49H2,1-5H3/t52-/m1/s1. The second-order valence-electron chi connectivity index (χ2n) is 19.8. The molecule has 6 heteroatoms. The van der Waals surface area contributed by atoms with Gasteiger partial charge >= 0.3 is 17.9 Å². The van der Waals surface area contributed by atoms with Crippen molar-refractivity contribution in [2.45, 2.75) is 310 Å². The molecule has 61 heavy (non-hydrogen) atoms. The summed E-state index contributed by atoms with van der Waals surface area (Å²) in [7, 11) is 0. The molecule has 0 aliphatic carbocycles. The molecule has 0 radical (unpaired) electrons. The van der Waals surface area contributed by atoms with Crippen molar-refractivity contribution < 1.29 is 28.6 Å². The van der Waals surface area contributed by atoms with E-state index in [1.54, 1.807) is 0 Å². The van der Waals surface area contributed by atoms with Gasteiger partial charge in [-0.3, -0.25) is 14.4 Å². The highest BCUT2D eigenvalue weighted by Gasteiger charge is 2.19. The fourth-order valence-corrected chi connectivity index (χ4v) is 8.34. The molecule has 0 fully saturated rings. The van der Waals surface area contributed by atoms with Crippen LogP contribution in [-0.2, 0) is 28.6 Å². The average molecular weight is 863 g/mol. The minimum absolute atomic E-state index is 0.0633. The van der Waals surface area contributed by atoms with E-state index < -0.39 is 6.10 Å². The van der Waals surface area contributed by atoms with E-state index in [9.17, 15) is 14.4 Å². The summed E-state index contributed by atoms with van der Waals surface area (Å²) in [5.74, 6) is 0.825. The molecular formula is C55H106O6. The van der Waals surface area contributed by atoms with Crippen LogP contribution >= 0.6 is 0 Å². The SMILES string of the molecule is CCCCCCCCCCCCCC(=O)OC[C@H](COC(=O)CCCCCCCCCCCCC(C)C)OC(=O)CCCCCCCCCCCCCCCCCCC(C)C. The number of rotatable bonds is 49. The fraction of sp³-hybridized carbons (Fsp3) is 0.945. The number of ether oxygens (including phenoxy) is 3. The number of carbonyl (C=O) groups excluding carboxylic acids is 3. The highest BCUT2D eigenvalue weighted by molar-refractivity contribution is 5.71. The summed E-state index contributed by atoms with van der Waals surface area (Å²) in [6.45, 7) is 11.4. The van der Waals surface area contributed by atoms with E-state index in [0.29, 0.717) is 19.3 Å². The molecule has 0 rings (SSSR count). The van der Waals surface area contributed by atoms with Crippen LogP contribution in [0.3, 0.4) is 0 Å². The van der Waals surface area contributed by atoms with Gasteiger partial charge < -0.3 is 14.2 Å². The Kier molecular flexibility index (Phi) is 46.6. The largest absolute Gasteiger partial charge is 0.462 e. The van der Waals surface area contributed by atoms with Gasteiger partial charge in [-0.05, 0) is 31.1 Å². The maximum absolute atomic E-state index is 12.8. The van der Waals surface area contributed by atoms with Gasteiger partial charge in [0, 0.05) is 19.3 Å². The lowest BCUT2D eigenvalue weighted by molar-refractivity contribution is -0.167. The average Bonchev–Trinajstić information content (AvgIpc) is 3.23. The second-order valence-corrected chi connectivity index (χ2v) is 19.8. The molecular weight excluding hydrogens is 757 g/mol. The van der Waals surface area contributed by atoms with Crippen LogP contribution < -0.4 is 0 Å². The number of esters is 3. The summed E-state index contributed by atoms with van der Waals surface area (Å²) in [6.07, 6.45) is 49.5. The first kappa shape index (κ1) is 59.4. The Bertz CT molecular complexity index is 931. The normalized spacial score (nSPS) is 12.0. The van der Waals surface area contributed by atoms with Gasteiger partial charge in [0.25, 0.3) is 0 Å². The lowest BCUT2D eigenvalue weighted by Crippen LogP contribution is -2.30. The van der Waals surface area contributed by atoms with Gasteiger partial charge in [0.05, 0.1) is 0 Å². The summed E-state index contributed by atoms with van der Waals surface area (Å²) in [6, 6.07) is 0. The molecule has 362 valence electrons. The van der Waals surface area contributed by atoms with Crippen molar-refractivity contribution in [3.05, 3.63) is 0 Å². The van der Waals surface area contributed by atoms with Crippen molar-refractivity contribution in [1.82, 2.24) is 0 Å². The van der Waals surface area contributed by atoms with Gasteiger partial charge in [0.2, 0.25) is 0 Å². The summed E-state index contributed by atoms with van der Waals surface area (Å²) in [5.41, 5.74) is 0. The third-order valence-electron chi connectivity index (χ3n) is 12.5. The molecule has 0 N–H and O–H groups in total. The van der Waals surface area contributed by atoms with Crippen molar-refractivity contribution in [1.29, 1.82) is 0 Å². The van der Waals surface area contributed by atoms with Gasteiger partial charge in [-0.15, -0.1) is 0 Å². The molecule has 0 unspecified atom stereocenters. The first-order valence-corrected chi connectivity index (χ1v) is 27.2. The van der Waals surface area contributed by atoms with E-state index in [2.05, 4.69) is 34.6 Å². The van der Waals surface area contributed by atoms with Gasteiger partial charge in [0.15, 0.2) is 6.10 Å². The van der Waals surface area contributed by atoms with E-state index in [1.165, 1.54) is 193 Å². The van der Waals surface area contributed by atoms with Crippen LogP contribution in [-0.4, -0.2) is 37.2 Å². The number of carbonyl (C=O) groups is 3. The van der Waals surface area contributed by atoms with Crippen molar-refractivity contribution in [3.63, 3.8) is 0 Å². The number of unbranched alkanes of at least 4 members (excludes halogenated alkanes) is 34. The van der Waals surface area contributed by atoms with E-state index in [1.807, 2.05) is 0 Å². The van der Waals surface area contributed by atoms with Crippen molar-refractivity contribution in [2.75, 3.05) is 13.2 Å². The van der Waals surface area contributed by atoms with Crippen LogP contribution in [0.1, 0.15) is 304 Å². The Morgan fingerprint density at radius 3 is 0.803 bits per heavy atom. The summed E-state index contributed by atoms with van der Waals surface area (Å²) in [4.78, 5) is 38.0. The molecule has 0 spiro atoms. The predicted octanol–water partition coefficient (Wildman–Crippen LogP) is 17.7. The molecule has 0 amide bonds. The molecule has 0 heterocycles. The van der Waals surface area contributed by atoms with Crippen LogP contribution in [0.15, 0.2) is 0 Å². The highest BCUT2D eigenvalue weighted by Crippen LogP contribution is 2.18. The monoisotopic (exact) mass is 863 g/mol. The molecule has 6 nitrogen and oxygen atoms in total. The van der Waals surface area contributed by atoms with Crippen LogP contribution in [0.4, 0.5) is 0 Å². The van der Waals surface area contributed by atoms with Crippen LogP contribution in [0, 0.1) is 11.8 Å². The molecule has 0 saturated carbocycles. The van der Waals surface area contributed by atoms with E-state index in [-0.39, 0.29) is 31.1 Å². The molecule has 0 aliphatic rings. The Labute approximate surface area is 380 Å². The Morgan fingerprint density at radius 1 is 0.311 bits per heavy atom. The lowest BCUT2D eigenvalue weighted by Gasteiger charge is -2.18. The quantitative estimate of drug-likeness (QED) is 0.0344. The lowest BCUT2D eigenvalue weighted by atomic mass is 10.0. The van der Waals surface area contributed by atoms with Crippen LogP contribution in [0.5, 0.6) is 0 Å². The topological polar surface area (TPSA) is 78.9 Å². The predicted molar refractivity (Wildman–Crippen MR) is 261 cm³/mol. The van der Waals surface area contributed by atoms with Gasteiger partial charge in [-0.1, -0.05) is 266 Å². The van der Waals surface area contributed by atoms with E-state index in [0.717, 1.165) is 69.6 Å². The number of hydrogen-bond donors (Lipinski definition) is 0. The Hall–Kier alpha value is -1.59. The third-order valence-corrected chi connectivity index (χ3v) is 12.5. The zero-order valence-electron chi connectivity index (χ0n) is 41.8. The molecule has 0 saturated heterocycles. The van der Waals surface area contributed by atoms with Crippen molar-refractivity contribution in [3.8, 4) is 0 Å². The Balaban J connectivity index is 4.27.